The van der Waals surface area contributed by atoms with E-state index in [1.165, 1.54) is 6.33 Å². The van der Waals surface area contributed by atoms with Gasteiger partial charge in [0.05, 0.1) is 5.56 Å². The number of aromatic nitrogens is 3. The number of phenols is 1. The Hall–Kier alpha value is -2.82. The number of aryl methyl sites for hydroxylation is 3. The molecule has 0 aliphatic carbocycles. The second-order valence-corrected chi connectivity index (χ2v) is 7.06. The fourth-order valence-electron chi connectivity index (χ4n) is 3.46. The lowest BCUT2D eigenvalue weighted by Gasteiger charge is -2.35. The van der Waals surface area contributed by atoms with Gasteiger partial charge in [0, 0.05) is 12.1 Å². The van der Waals surface area contributed by atoms with E-state index < -0.39 is 5.60 Å². The Morgan fingerprint density at radius 2 is 2.04 bits per heavy atom. The summed E-state index contributed by atoms with van der Waals surface area (Å²) in [4.78, 5) is 3.95. The van der Waals surface area contributed by atoms with Crippen molar-refractivity contribution in [3.05, 3.63) is 59.7 Å². The van der Waals surface area contributed by atoms with Crippen LogP contribution in [0.3, 0.4) is 0 Å². The second kappa shape index (κ2) is 5.62. The fraction of sp³-hybridized carbons (Fsp3) is 0.300. The summed E-state index contributed by atoms with van der Waals surface area (Å²) in [6.07, 6.45) is 3.96. The van der Waals surface area contributed by atoms with Crippen LogP contribution >= 0.6 is 0 Å². The van der Waals surface area contributed by atoms with Gasteiger partial charge in [-0.2, -0.15) is 5.10 Å². The summed E-state index contributed by atoms with van der Waals surface area (Å²) in [6, 6.07) is 10.1. The van der Waals surface area contributed by atoms with E-state index in [0.29, 0.717) is 6.54 Å². The molecule has 0 unspecified atom stereocenters. The van der Waals surface area contributed by atoms with E-state index in [1.807, 2.05) is 12.1 Å². The zero-order chi connectivity index (χ0) is 17.6. The molecule has 5 nitrogen and oxygen atoms in total. The molecule has 0 radical (unpaired) electrons. The minimum atomic E-state index is -0.437. The fourth-order valence-corrected chi connectivity index (χ4v) is 3.46. The molecule has 0 fully saturated rings. The van der Waals surface area contributed by atoms with Gasteiger partial charge in [-0.15, -0.1) is 0 Å². The Morgan fingerprint density at radius 3 is 2.80 bits per heavy atom. The summed E-state index contributed by atoms with van der Waals surface area (Å²) >= 11 is 0. The molecule has 0 saturated carbocycles. The monoisotopic (exact) mass is 335 g/mol. The molecule has 0 amide bonds. The molecule has 0 saturated heterocycles. The Labute approximate surface area is 146 Å². The highest BCUT2D eigenvalue weighted by Crippen LogP contribution is 2.49. The zero-order valence-electron chi connectivity index (χ0n) is 14.7. The van der Waals surface area contributed by atoms with Crippen LogP contribution in [-0.4, -0.2) is 19.9 Å². The number of hydrogen-bond acceptors (Lipinski definition) is 4. The van der Waals surface area contributed by atoms with Crippen LogP contribution in [0.25, 0.3) is 11.1 Å². The van der Waals surface area contributed by atoms with Crippen LogP contribution in [0.4, 0.5) is 0 Å². The topological polar surface area (TPSA) is 60.2 Å². The molecule has 4 rings (SSSR count). The summed E-state index contributed by atoms with van der Waals surface area (Å²) < 4.78 is 8.03. The van der Waals surface area contributed by atoms with E-state index in [9.17, 15) is 5.11 Å². The van der Waals surface area contributed by atoms with Gasteiger partial charge in [0.25, 0.3) is 0 Å². The number of hydrogen-bond donors (Lipinski definition) is 1. The van der Waals surface area contributed by atoms with Crippen molar-refractivity contribution >= 4 is 0 Å². The Morgan fingerprint density at radius 1 is 1.20 bits per heavy atom. The number of fused-ring (bicyclic) bond motifs is 3. The lowest BCUT2D eigenvalue weighted by atomic mass is 9.84. The molecule has 3 aromatic rings. The largest absolute Gasteiger partial charge is 0.507 e. The van der Waals surface area contributed by atoms with Crippen LogP contribution in [0.5, 0.6) is 11.5 Å². The molecule has 0 atom stereocenters. The van der Waals surface area contributed by atoms with E-state index in [-0.39, 0.29) is 5.75 Å². The number of ether oxygens (including phenoxy) is 1. The van der Waals surface area contributed by atoms with E-state index >= 15 is 0 Å². The van der Waals surface area contributed by atoms with Gasteiger partial charge in [-0.05, 0) is 50.5 Å². The SMILES string of the molecule is Cc1ccc2c(c1)-c1c(O)cc(CCn3cncn3)cc1OC2(C)C. The third-order valence-corrected chi connectivity index (χ3v) is 4.70. The smallest absolute Gasteiger partial charge is 0.137 e. The quantitative estimate of drug-likeness (QED) is 0.790. The van der Waals surface area contributed by atoms with Crippen molar-refractivity contribution in [3.8, 4) is 22.6 Å². The summed E-state index contributed by atoms with van der Waals surface area (Å²) in [5.74, 6) is 0.991. The average Bonchev–Trinajstić information content (AvgIpc) is 3.05. The molecule has 1 aliphatic heterocycles. The Bertz CT molecular complexity index is 930. The maximum atomic E-state index is 10.7. The highest BCUT2D eigenvalue weighted by Gasteiger charge is 2.34. The van der Waals surface area contributed by atoms with Crippen molar-refractivity contribution in [3.63, 3.8) is 0 Å². The van der Waals surface area contributed by atoms with E-state index in [1.54, 1.807) is 11.0 Å². The summed E-state index contributed by atoms with van der Waals surface area (Å²) in [6.45, 7) is 6.88. The van der Waals surface area contributed by atoms with Crippen LogP contribution in [-0.2, 0) is 18.6 Å². The van der Waals surface area contributed by atoms with Crippen molar-refractivity contribution in [2.24, 2.45) is 0 Å². The van der Waals surface area contributed by atoms with Gasteiger partial charge in [0.1, 0.15) is 29.8 Å². The van der Waals surface area contributed by atoms with Gasteiger partial charge in [-0.1, -0.05) is 23.8 Å². The van der Waals surface area contributed by atoms with Crippen LogP contribution < -0.4 is 4.74 Å². The average molecular weight is 335 g/mol. The first kappa shape index (κ1) is 15.7. The van der Waals surface area contributed by atoms with Gasteiger partial charge in [-0.25, -0.2) is 4.98 Å². The van der Waals surface area contributed by atoms with Crippen LogP contribution in [0, 0.1) is 6.92 Å². The zero-order valence-corrected chi connectivity index (χ0v) is 14.7. The molecule has 2 aromatic carbocycles. The summed E-state index contributed by atoms with van der Waals surface area (Å²) in [5, 5.41) is 14.8. The first-order valence-corrected chi connectivity index (χ1v) is 8.43. The predicted octanol–water partition coefficient (Wildman–Crippen LogP) is 3.83. The number of phenolic OH excluding ortho intramolecular Hbond substituents is 1. The number of nitrogens with zero attached hydrogens (tertiary/aromatic N) is 3. The Kier molecular flexibility index (Phi) is 3.53. The van der Waals surface area contributed by atoms with Crippen molar-refractivity contribution in [1.29, 1.82) is 0 Å². The molecule has 1 aliphatic rings. The molecule has 2 heterocycles. The molecule has 128 valence electrons. The second-order valence-electron chi connectivity index (χ2n) is 7.06. The van der Waals surface area contributed by atoms with Crippen LogP contribution in [0.15, 0.2) is 43.0 Å². The van der Waals surface area contributed by atoms with Crippen LogP contribution in [0.1, 0.15) is 30.5 Å². The van der Waals surface area contributed by atoms with E-state index in [0.717, 1.165) is 40.0 Å². The lowest BCUT2D eigenvalue weighted by molar-refractivity contribution is 0.105. The van der Waals surface area contributed by atoms with Gasteiger partial charge >= 0.3 is 0 Å². The highest BCUT2D eigenvalue weighted by molar-refractivity contribution is 5.82. The van der Waals surface area contributed by atoms with Crippen molar-refractivity contribution < 1.29 is 9.84 Å². The number of benzene rings is 2. The van der Waals surface area contributed by atoms with Gasteiger partial charge in [0.15, 0.2) is 0 Å². The molecule has 1 N–H and O–H groups in total. The first-order chi connectivity index (χ1) is 11.9. The predicted molar refractivity (Wildman–Crippen MR) is 95.7 cm³/mol. The van der Waals surface area contributed by atoms with E-state index in [2.05, 4.69) is 49.1 Å². The highest BCUT2D eigenvalue weighted by atomic mass is 16.5. The van der Waals surface area contributed by atoms with Crippen molar-refractivity contribution in [1.82, 2.24) is 14.8 Å². The van der Waals surface area contributed by atoms with Gasteiger partial charge < -0.3 is 9.84 Å². The van der Waals surface area contributed by atoms with Crippen molar-refractivity contribution in [2.75, 3.05) is 0 Å². The summed E-state index contributed by atoms with van der Waals surface area (Å²) in [5.41, 5.74) is 4.66. The molecule has 1 aromatic heterocycles. The molecule has 0 spiro atoms. The van der Waals surface area contributed by atoms with Crippen molar-refractivity contribution in [2.45, 2.75) is 39.3 Å². The maximum absolute atomic E-state index is 10.7. The number of rotatable bonds is 3. The molecular formula is C20H21N3O2. The minimum absolute atomic E-state index is 0.258. The first-order valence-electron chi connectivity index (χ1n) is 8.43. The lowest BCUT2D eigenvalue weighted by Crippen LogP contribution is -2.29. The molecule has 0 bridgehead atoms. The maximum Gasteiger partial charge on any atom is 0.137 e. The molecule has 5 heteroatoms. The number of aromatic hydroxyl groups is 1. The van der Waals surface area contributed by atoms with Crippen LogP contribution in [0.2, 0.25) is 0 Å². The Balaban J connectivity index is 1.76. The third-order valence-electron chi connectivity index (χ3n) is 4.70. The standard InChI is InChI=1S/C20H21N3O2/c1-13-4-5-16-15(8-13)19-17(24)9-14(6-7-23-12-21-11-22-23)10-18(19)25-20(16,2)3/h4-5,8-12,24H,6-7H2,1-3H3. The van der Waals surface area contributed by atoms with Gasteiger partial charge in [-0.3, -0.25) is 4.68 Å². The molecule has 25 heavy (non-hydrogen) atoms. The normalized spacial score (nSPS) is 14.5. The minimum Gasteiger partial charge on any atom is -0.507 e. The van der Waals surface area contributed by atoms with E-state index in [4.69, 9.17) is 4.74 Å². The van der Waals surface area contributed by atoms with Gasteiger partial charge in [0.2, 0.25) is 0 Å². The summed E-state index contributed by atoms with van der Waals surface area (Å²) in [7, 11) is 0. The third kappa shape index (κ3) is 2.76. The molecular weight excluding hydrogens is 314 g/mol.